The zero-order valence-corrected chi connectivity index (χ0v) is 16.4. The van der Waals surface area contributed by atoms with Crippen molar-refractivity contribution in [1.82, 2.24) is 15.4 Å². The number of rotatable bonds is 7. The first-order valence-corrected chi connectivity index (χ1v) is 8.55. The number of carbonyl (C=O) groups is 1. The lowest BCUT2D eigenvalue weighted by Crippen LogP contribution is -2.48. The van der Waals surface area contributed by atoms with Crippen LogP contribution in [-0.4, -0.2) is 50.9 Å². The molecule has 0 bridgehead atoms. The first-order valence-electron chi connectivity index (χ1n) is 8.17. The summed E-state index contributed by atoms with van der Waals surface area (Å²) in [5.41, 5.74) is 9.24. The number of halogens is 3. The predicted octanol–water partition coefficient (Wildman–Crippen LogP) is 1.73. The van der Waals surface area contributed by atoms with Crippen molar-refractivity contribution in [3.05, 3.63) is 52.9 Å². The maximum Gasteiger partial charge on any atom is 0.304 e. The van der Waals surface area contributed by atoms with Gasteiger partial charge in [-0.05, 0) is 30.3 Å². The molecule has 0 aliphatic carbocycles. The normalized spacial score (nSPS) is 17.1. The summed E-state index contributed by atoms with van der Waals surface area (Å²) >= 11 is 5.65. The molecule has 0 amide bonds. The van der Waals surface area contributed by atoms with Crippen LogP contribution in [0.1, 0.15) is 12.0 Å². The van der Waals surface area contributed by atoms with Gasteiger partial charge in [0.1, 0.15) is 11.6 Å². The standard InChI is InChI=1S/C17H17ClFN5O4.ClH/c18-10-5-13(19)16(21-7-10)28-12-3-1-9(2-4-12)15-22-17(27)24(23-15)8-11(20)6-14(25)26;/h1-5,7,11,17,27H,6,8,20H2,(H,22,23)(H,25,26);1H/t11-,17-;/m0./s1. The van der Waals surface area contributed by atoms with Crippen LogP contribution in [0.4, 0.5) is 4.39 Å². The molecular weight excluding hydrogens is 428 g/mol. The zero-order chi connectivity index (χ0) is 20.3. The van der Waals surface area contributed by atoms with Crippen molar-refractivity contribution in [2.45, 2.75) is 18.8 Å². The Hall–Kier alpha value is -2.50. The SMILES string of the molecule is Cl.N[C@@H](CC(=O)O)CN1NC(c2ccc(Oc3ncc(Cl)cc3F)cc2)=N[C@@H]1O. The molecule has 1 aromatic carbocycles. The number of aliphatic imine (C=N–C) groups is 1. The third-order valence-corrected chi connectivity index (χ3v) is 3.96. The van der Waals surface area contributed by atoms with E-state index in [9.17, 15) is 14.3 Å². The second kappa shape index (κ2) is 9.81. The minimum absolute atomic E-state index is 0. The molecule has 156 valence electrons. The second-order valence-electron chi connectivity index (χ2n) is 6.01. The highest BCUT2D eigenvalue weighted by Crippen LogP contribution is 2.24. The van der Waals surface area contributed by atoms with E-state index in [1.54, 1.807) is 24.3 Å². The summed E-state index contributed by atoms with van der Waals surface area (Å²) in [6.45, 7) is 0.0865. The number of pyridine rings is 1. The van der Waals surface area contributed by atoms with Gasteiger partial charge < -0.3 is 20.7 Å². The molecule has 29 heavy (non-hydrogen) atoms. The Morgan fingerprint density at radius 1 is 1.41 bits per heavy atom. The number of aliphatic carboxylic acids is 1. The topological polar surface area (TPSA) is 133 Å². The van der Waals surface area contributed by atoms with Gasteiger partial charge in [-0.1, -0.05) is 11.6 Å². The van der Waals surface area contributed by atoms with Gasteiger partial charge >= 0.3 is 5.97 Å². The number of aliphatic hydroxyl groups is 1. The van der Waals surface area contributed by atoms with Gasteiger partial charge in [-0.3, -0.25) is 10.2 Å². The average molecular weight is 446 g/mol. The van der Waals surface area contributed by atoms with Gasteiger partial charge in [-0.2, -0.15) is 5.01 Å². The van der Waals surface area contributed by atoms with Crippen LogP contribution in [0.2, 0.25) is 5.02 Å². The van der Waals surface area contributed by atoms with Gasteiger partial charge in [-0.15, -0.1) is 12.4 Å². The van der Waals surface area contributed by atoms with Crippen LogP contribution >= 0.6 is 24.0 Å². The van der Waals surface area contributed by atoms with E-state index in [4.69, 9.17) is 27.2 Å². The average Bonchev–Trinajstić information content (AvgIpc) is 2.98. The summed E-state index contributed by atoms with van der Waals surface area (Å²) in [6, 6.07) is 6.90. The number of ether oxygens (including phenoxy) is 1. The number of aliphatic hydroxyl groups excluding tert-OH is 1. The van der Waals surface area contributed by atoms with Gasteiger partial charge in [0, 0.05) is 24.3 Å². The molecule has 12 heteroatoms. The summed E-state index contributed by atoms with van der Waals surface area (Å²) in [4.78, 5) is 18.5. The molecule has 0 saturated carbocycles. The van der Waals surface area contributed by atoms with E-state index in [0.29, 0.717) is 17.1 Å². The van der Waals surface area contributed by atoms with E-state index in [1.807, 2.05) is 0 Å². The molecule has 0 saturated heterocycles. The van der Waals surface area contributed by atoms with Gasteiger partial charge in [-0.25, -0.2) is 14.4 Å². The Kier molecular flexibility index (Phi) is 7.71. The van der Waals surface area contributed by atoms with Gasteiger partial charge in [0.2, 0.25) is 6.35 Å². The molecule has 1 aromatic heterocycles. The molecule has 9 nitrogen and oxygen atoms in total. The Morgan fingerprint density at radius 3 is 2.72 bits per heavy atom. The largest absolute Gasteiger partial charge is 0.481 e. The summed E-state index contributed by atoms with van der Waals surface area (Å²) in [5.74, 6) is -1.20. The van der Waals surface area contributed by atoms with E-state index >= 15 is 0 Å². The minimum atomic E-state index is -1.20. The third kappa shape index (κ3) is 5.99. The molecule has 1 aliphatic heterocycles. The predicted molar refractivity (Wildman–Crippen MR) is 106 cm³/mol. The monoisotopic (exact) mass is 445 g/mol. The number of nitrogens with zero attached hydrogens (tertiary/aromatic N) is 3. The van der Waals surface area contributed by atoms with Crippen molar-refractivity contribution in [1.29, 1.82) is 0 Å². The van der Waals surface area contributed by atoms with Gasteiger partial charge in [0.05, 0.1) is 11.4 Å². The minimum Gasteiger partial charge on any atom is -0.481 e. The molecular formula is C17H18Cl2FN5O4. The van der Waals surface area contributed by atoms with E-state index in [1.165, 1.54) is 11.2 Å². The lowest BCUT2D eigenvalue weighted by Gasteiger charge is -2.22. The number of hydrazine groups is 1. The number of amidine groups is 1. The highest BCUT2D eigenvalue weighted by molar-refractivity contribution is 6.30. The van der Waals surface area contributed by atoms with Crippen molar-refractivity contribution >= 4 is 35.8 Å². The first-order chi connectivity index (χ1) is 13.3. The molecule has 1 aliphatic rings. The van der Waals surface area contributed by atoms with Crippen LogP contribution in [-0.2, 0) is 4.79 Å². The molecule has 3 rings (SSSR count). The van der Waals surface area contributed by atoms with Crippen LogP contribution in [0.5, 0.6) is 11.6 Å². The second-order valence-corrected chi connectivity index (χ2v) is 6.45. The van der Waals surface area contributed by atoms with E-state index < -0.39 is 24.2 Å². The third-order valence-electron chi connectivity index (χ3n) is 3.76. The van der Waals surface area contributed by atoms with Crippen molar-refractivity contribution in [3.63, 3.8) is 0 Å². The lowest BCUT2D eigenvalue weighted by molar-refractivity contribution is -0.137. The number of hydrogen-bond acceptors (Lipinski definition) is 8. The number of nitrogens with two attached hydrogens (primary N) is 1. The molecule has 0 unspecified atom stereocenters. The fourth-order valence-electron chi connectivity index (χ4n) is 2.50. The fraction of sp³-hybridized carbons (Fsp3) is 0.235. The highest BCUT2D eigenvalue weighted by Gasteiger charge is 2.27. The number of aromatic nitrogens is 1. The van der Waals surface area contributed by atoms with E-state index in [2.05, 4.69) is 15.4 Å². The van der Waals surface area contributed by atoms with Crippen LogP contribution in [0.3, 0.4) is 0 Å². The highest BCUT2D eigenvalue weighted by atomic mass is 35.5. The molecule has 0 spiro atoms. The van der Waals surface area contributed by atoms with Gasteiger partial charge in [0.15, 0.2) is 5.82 Å². The van der Waals surface area contributed by atoms with E-state index in [0.717, 1.165) is 6.07 Å². The summed E-state index contributed by atoms with van der Waals surface area (Å²) < 4.78 is 19.1. The quantitative estimate of drug-likeness (QED) is 0.506. The van der Waals surface area contributed by atoms with Crippen molar-refractivity contribution in [3.8, 4) is 11.6 Å². The number of carboxylic acids is 1. The van der Waals surface area contributed by atoms with Gasteiger partial charge in [0.25, 0.3) is 5.88 Å². The first kappa shape index (κ1) is 22.8. The Balaban J connectivity index is 0.00000300. The van der Waals surface area contributed by atoms with Crippen molar-refractivity contribution in [2.24, 2.45) is 10.7 Å². The molecule has 2 aromatic rings. The number of carboxylic acid groups (broad SMARTS) is 1. The van der Waals surface area contributed by atoms with Crippen LogP contribution in [0, 0.1) is 5.82 Å². The maximum absolute atomic E-state index is 13.7. The molecule has 0 radical (unpaired) electrons. The molecule has 0 fully saturated rings. The van der Waals surface area contributed by atoms with Crippen LogP contribution < -0.4 is 15.9 Å². The van der Waals surface area contributed by atoms with Crippen LogP contribution in [0.15, 0.2) is 41.5 Å². The molecule has 2 atom stereocenters. The molecule has 5 N–H and O–H groups in total. The summed E-state index contributed by atoms with van der Waals surface area (Å²) in [7, 11) is 0. The zero-order valence-electron chi connectivity index (χ0n) is 14.8. The molecule has 2 heterocycles. The number of hydrogen-bond donors (Lipinski definition) is 4. The lowest BCUT2D eigenvalue weighted by atomic mass is 10.2. The smallest absolute Gasteiger partial charge is 0.304 e. The Morgan fingerprint density at radius 2 is 2.10 bits per heavy atom. The summed E-state index contributed by atoms with van der Waals surface area (Å²) in [5, 5.41) is 20.3. The number of benzene rings is 1. The fourth-order valence-corrected chi connectivity index (χ4v) is 2.64. The summed E-state index contributed by atoms with van der Waals surface area (Å²) in [6.07, 6.45) is -0.156. The Labute approximate surface area is 176 Å². The van der Waals surface area contributed by atoms with Crippen LogP contribution in [0.25, 0.3) is 0 Å². The van der Waals surface area contributed by atoms with Crippen molar-refractivity contribution in [2.75, 3.05) is 6.54 Å². The maximum atomic E-state index is 13.7. The van der Waals surface area contributed by atoms with Crippen molar-refractivity contribution < 1.29 is 24.1 Å². The number of nitrogens with one attached hydrogen (secondary N) is 1. The van der Waals surface area contributed by atoms with E-state index in [-0.39, 0.29) is 36.3 Å². The Bertz CT molecular complexity index is 900.